The van der Waals surface area contributed by atoms with Crippen molar-refractivity contribution < 1.29 is 26.3 Å². The van der Waals surface area contributed by atoms with E-state index in [1.165, 1.54) is 4.31 Å². The Hall–Kier alpha value is -0.980. The van der Waals surface area contributed by atoms with Crippen molar-refractivity contribution in [3.63, 3.8) is 0 Å². The van der Waals surface area contributed by atoms with Crippen LogP contribution in [0.4, 0.5) is 18.3 Å². The van der Waals surface area contributed by atoms with Gasteiger partial charge >= 0.3 is 6.18 Å². The molecular weight excluding hydrogens is 357 g/mol. The Labute approximate surface area is 135 Å². The first-order valence-corrected chi connectivity index (χ1v) is 9.33. The minimum absolute atomic E-state index is 0.165. The maximum absolute atomic E-state index is 12.5. The van der Waals surface area contributed by atoms with E-state index in [4.69, 9.17) is 4.74 Å². The standard InChI is InChI=1S/C11H15F3N4O3S2/c12-11(13,14)9-15-16-10(22-9)17-2-4-18(5-3-17)23(19,20)8-1-6-21-7-8/h8H,1-7H2. The van der Waals surface area contributed by atoms with Gasteiger partial charge in [0, 0.05) is 32.8 Å². The Kier molecular flexibility index (Phi) is 4.51. The number of aromatic nitrogens is 2. The van der Waals surface area contributed by atoms with Gasteiger partial charge in [-0.1, -0.05) is 11.3 Å². The van der Waals surface area contributed by atoms with Gasteiger partial charge < -0.3 is 9.64 Å². The third-order valence-electron chi connectivity index (χ3n) is 3.84. The van der Waals surface area contributed by atoms with Gasteiger partial charge in [0.2, 0.25) is 20.2 Å². The quantitative estimate of drug-likeness (QED) is 0.781. The van der Waals surface area contributed by atoms with Crippen molar-refractivity contribution in [2.75, 3.05) is 44.3 Å². The summed E-state index contributed by atoms with van der Waals surface area (Å²) in [6.07, 6.45) is -4.03. The van der Waals surface area contributed by atoms with Crippen molar-refractivity contribution >= 4 is 26.5 Å². The lowest BCUT2D eigenvalue weighted by atomic mass is 10.4. The van der Waals surface area contributed by atoms with E-state index in [0.717, 1.165) is 0 Å². The predicted octanol–water partition coefficient (Wildman–Crippen LogP) is 0.798. The first kappa shape index (κ1) is 16.9. The molecule has 0 radical (unpaired) electrons. The van der Waals surface area contributed by atoms with Crippen LogP contribution in [-0.4, -0.2) is 67.6 Å². The molecule has 2 aliphatic rings. The van der Waals surface area contributed by atoms with Gasteiger partial charge in [-0.3, -0.25) is 0 Å². The van der Waals surface area contributed by atoms with E-state index in [1.807, 2.05) is 0 Å². The monoisotopic (exact) mass is 372 g/mol. The van der Waals surface area contributed by atoms with E-state index in [2.05, 4.69) is 10.2 Å². The summed E-state index contributed by atoms with van der Waals surface area (Å²) in [4.78, 5) is 1.63. The molecule has 7 nitrogen and oxygen atoms in total. The van der Waals surface area contributed by atoms with Gasteiger partial charge in [0.15, 0.2) is 0 Å². The van der Waals surface area contributed by atoms with E-state index in [-0.39, 0.29) is 24.8 Å². The summed E-state index contributed by atoms with van der Waals surface area (Å²) in [6.45, 7) is 1.67. The molecule has 23 heavy (non-hydrogen) atoms. The molecule has 0 bridgehead atoms. The van der Waals surface area contributed by atoms with Crippen molar-refractivity contribution in [3.8, 4) is 0 Å². The van der Waals surface area contributed by atoms with E-state index >= 15 is 0 Å². The van der Waals surface area contributed by atoms with Crippen LogP contribution in [0.25, 0.3) is 0 Å². The van der Waals surface area contributed by atoms with Crippen LogP contribution in [0.2, 0.25) is 0 Å². The Morgan fingerprint density at radius 2 is 1.87 bits per heavy atom. The highest BCUT2D eigenvalue weighted by Crippen LogP contribution is 2.34. The van der Waals surface area contributed by atoms with Crippen LogP contribution in [0.5, 0.6) is 0 Å². The summed E-state index contributed by atoms with van der Waals surface area (Å²) in [7, 11) is -3.42. The van der Waals surface area contributed by atoms with Gasteiger partial charge in [-0.2, -0.15) is 17.5 Å². The number of hydrogen-bond acceptors (Lipinski definition) is 7. The lowest BCUT2D eigenvalue weighted by molar-refractivity contribution is -0.138. The fraction of sp³-hybridized carbons (Fsp3) is 0.818. The topological polar surface area (TPSA) is 75.6 Å². The maximum Gasteiger partial charge on any atom is 0.445 e. The summed E-state index contributed by atoms with van der Waals surface area (Å²) in [5.41, 5.74) is 0. The number of halogens is 3. The molecular formula is C11H15F3N4O3S2. The minimum Gasteiger partial charge on any atom is -0.380 e. The second-order valence-electron chi connectivity index (χ2n) is 5.30. The van der Waals surface area contributed by atoms with Gasteiger partial charge in [0.05, 0.1) is 6.61 Å². The first-order chi connectivity index (χ1) is 10.8. The van der Waals surface area contributed by atoms with E-state index in [0.29, 0.717) is 37.5 Å². The van der Waals surface area contributed by atoms with Gasteiger partial charge in [0.1, 0.15) is 5.25 Å². The molecule has 1 atom stereocenters. The van der Waals surface area contributed by atoms with E-state index in [1.54, 1.807) is 4.90 Å². The largest absolute Gasteiger partial charge is 0.445 e. The van der Waals surface area contributed by atoms with Crippen LogP contribution in [-0.2, 0) is 20.9 Å². The maximum atomic E-state index is 12.5. The van der Waals surface area contributed by atoms with Crippen LogP contribution in [0.3, 0.4) is 0 Å². The number of nitrogens with zero attached hydrogens (tertiary/aromatic N) is 4. The van der Waals surface area contributed by atoms with Crippen LogP contribution in [0.15, 0.2) is 0 Å². The second kappa shape index (κ2) is 6.15. The van der Waals surface area contributed by atoms with Crippen molar-refractivity contribution in [2.45, 2.75) is 17.8 Å². The second-order valence-corrected chi connectivity index (χ2v) is 8.47. The zero-order valence-corrected chi connectivity index (χ0v) is 13.6. The van der Waals surface area contributed by atoms with Crippen LogP contribution in [0.1, 0.15) is 11.4 Å². The van der Waals surface area contributed by atoms with Crippen LogP contribution in [0, 0.1) is 0 Å². The van der Waals surface area contributed by atoms with E-state index in [9.17, 15) is 21.6 Å². The van der Waals surface area contributed by atoms with Gasteiger partial charge in [-0.05, 0) is 6.42 Å². The lowest BCUT2D eigenvalue weighted by Gasteiger charge is -2.34. The zero-order chi connectivity index (χ0) is 16.7. The molecule has 12 heteroatoms. The summed E-state index contributed by atoms with van der Waals surface area (Å²) >= 11 is 0.471. The highest BCUT2D eigenvalue weighted by molar-refractivity contribution is 7.89. The summed E-state index contributed by atoms with van der Waals surface area (Å²) in [5.74, 6) is 0. The molecule has 2 fully saturated rings. The molecule has 0 N–H and O–H groups in total. The third-order valence-corrected chi connectivity index (χ3v) is 7.16. The molecule has 0 aliphatic carbocycles. The first-order valence-electron chi connectivity index (χ1n) is 7.01. The zero-order valence-electron chi connectivity index (χ0n) is 12.0. The molecule has 3 rings (SSSR count). The smallest absolute Gasteiger partial charge is 0.380 e. The number of sulfonamides is 1. The van der Waals surface area contributed by atoms with Crippen molar-refractivity contribution in [2.24, 2.45) is 0 Å². The lowest BCUT2D eigenvalue weighted by Crippen LogP contribution is -2.51. The van der Waals surface area contributed by atoms with Gasteiger partial charge in [-0.25, -0.2) is 8.42 Å². The molecule has 0 saturated carbocycles. The minimum atomic E-state index is -4.51. The molecule has 1 aromatic rings. The average molecular weight is 372 g/mol. The van der Waals surface area contributed by atoms with Crippen molar-refractivity contribution in [1.82, 2.24) is 14.5 Å². The Balaban J connectivity index is 1.63. The number of hydrogen-bond donors (Lipinski definition) is 0. The van der Waals surface area contributed by atoms with Gasteiger partial charge in [0.25, 0.3) is 0 Å². The molecule has 0 spiro atoms. The number of rotatable bonds is 3. The van der Waals surface area contributed by atoms with Crippen LogP contribution < -0.4 is 4.90 Å². The van der Waals surface area contributed by atoms with E-state index < -0.39 is 26.5 Å². The third kappa shape index (κ3) is 3.44. The highest BCUT2D eigenvalue weighted by atomic mass is 32.2. The van der Waals surface area contributed by atoms with Crippen molar-refractivity contribution in [3.05, 3.63) is 5.01 Å². The summed E-state index contributed by atoms with van der Waals surface area (Å²) < 4.78 is 69.0. The van der Waals surface area contributed by atoms with Crippen LogP contribution >= 0.6 is 11.3 Å². The molecule has 0 aromatic carbocycles. The molecule has 130 valence electrons. The fourth-order valence-electron chi connectivity index (χ4n) is 2.55. The summed E-state index contributed by atoms with van der Waals surface area (Å²) in [6, 6.07) is 0. The predicted molar refractivity (Wildman–Crippen MR) is 76.8 cm³/mol. The Morgan fingerprint density at radius 1 is 1.17 bits per heavy atom. The van der Waals surface area contributed by atoms with Gasteiger partial charge in [-0.15, -0.1) is 10.2 Å². The number of ether oxygens (including phenoxy) is 1. The summed E-state index contributed by atoms with van der Waals surface area (Å²) in [5, 5.41) is 5.35. The highest BCUT2D eigenvalue weighted by Gasteiger charge is 2.38. The number of anilines is 1. The molecule has 0 amide bonds. The number of alkyl halides is 3. The molecule has 2 aliphatic heterocycles. The molecule has 2 saturated heterocycles. The SMILES string of the molecule is O=S(=O)(C1CCOC1)N1CCN(c2nnc(C(F)(F)F)s2)CC1. The molecule has 1 unspecified atom stereocenters. The molecule has 3 heterocycles. The molecule has 1 aromatic heterocycles. The Morgan fingerprint density at radius 3 is 2.39 bits per heavy atom. The average Bonchev–Trinajstić information content (AvgIpc) is 3.18. The Bertz CT molecular complexity index is 650. The van der Waals surface area contributed by atoms with Crippen molar-refractivity contribution in [1.29, 1.82) is 0 Å². The fourth-order valence-corrected chi connectivity index (χ4v) is 5.07. The normalized spacial score (nSPS) is 24.3. The number of piperazine rings is 1.